The van der Waals surface area contributed by atoms with Crippen molar-refractivity contribution in [3.63, 3.8) is 0 Å². The van der Waals surface area contributed by atoms with Crippen LogP contribution in [0.5, 0.6) is 0 Å². The summed E-state index contributed by atoms with van der Waals surface area (Å²) in [5.74, 6) is 0. The van der Waals surface area contributed by atoms with Crippen LogP contribution in [0.2, 0.25) is 18.1 Å². The van der Waals surface area contributed by atoms with Crippen molar-refractivity contribution in [1.82, 2.24) is 0 Å². The Hall–Kier alpha value is 0.287. The normalized spacial score (nSPS) is 16.5. The second kappa shape index (κ2) is 14.5. The lowest BCUT2D eigenvalue weighted by molar-refractivity contribution is 0.141. The molecule has 184 valence electrons. The van der Waals surface area contributed by atoms with Crippen molar-refractivity contribution >= 4 is 31.8 Å². The number of halogens is 1. The molecule has 0 radical (unpaired) electrons. The van der Waals surface area contributed by atoms with E-state index in [0.717, 1.165) is 31.0 Å². The van der Waals surface area contributed by atoms with Gasteiger partial charge in [-0.25, -0.2) is 0 Å². The van der Waals surface area contributed by atoms with Crippen molar-refractivity contribution in [2.24, 2.45) is 0 Å². The Morgan fingerprint density at radius 1 is 1.03 bits per heavy atom. The molecule has 0 rings (SSSR count). The molecule has 0 bridgehead atoms. The third-order valence-electron chi connectivity index (χ3n) is 6.19. The quantitative estimate of drug-likeness (QED) is 0.0902. The van der Waals surface area contributed by atoms with Crippen LogP contribution in [-0.4, -0.2) is 38.6 Å². The highest BCUT2D eigenvalue weighted by molar-refractivity contribution is 9.09. The van der Waals surface area contributed by atoms with Gasteiger partial charge in [-0.15, -0.1) is 0 Å². The first-order valence-electron chi connectivity index (χ1n) is 11.7. The first-order valence-corrected chi connectivity index (χ1v) is 17.3. The van der Waals surface area contributed by atoms with Crippen LogP contribution < -0.4 is 0 Å². The molecule has 2 unspecified atom stereocenters. The molecule has 0 aromatic carbocycles. The average molecular weight is 540 g/mol. The molecule has 0 saturated carbocycles. The zero-order chi connectivity index (χ0) is 24.3. The Morgan fingerprint density at radius 3 is 2.00 bits per heavy atom. The Balaban J connectivity index is 5.50. The molecule has 0 aliphatic carbocycles. The third-order valence-corrected chi connectivity index (χ3v) is 13.6. The molecule has 0 N–H and O–H groups in total. The summed E-state index contributed by atoms with van der Waals surface area (Å²) in [6.45, 7) is 22.0. The molecule has 0 heterocycles. The van der Waals surface area contributed by atoms with E-state index < -0.39 is 15.9 Å². The summed E-state index contributed by atoms with van der Waals surface area (Å²) in [6, 6.07) is 0. The fourth-order valence-corrected chi connectivity index (χ4v) is 7.02. The Kier molecular flexibility index (Phi) is 14.7. The number of alkyl halides is 1. The molecule has 0 spiro atoms. The van der Waals surface area contributed by atoms with Gasteiger partial charge in [-0.3, -0.25) is 4.57 Å². The van der Waals surface area contributed by atoms with Gasteiger partial charge in [-0.1, -0.05) is 60.0 Å². The predicted molar refractivity (Wildman–Crippen MR) is 142 cm³/mol. The first-order chi connectivity index (χ1) is 14.2. The van der Waals surface area contributed by atoms with Gasteiger partial charge in [0, 0.05) is 5.33 Å². The SMILES string of the molecule is CCOP(=O)(OCC)C(C)C(CC/C(C)=C/CC/C(C)=C/CBr)O[Si](C)(C)C(C)(C)C. The van der Waals surface area contributed by atoms with Crippen LogP contribution in [0.25, 0.3) is 0 Å². The molecule has 0 saturated heterocycles. The van der Waals surface area contributed by atoms with Gasteiger partial charge in [0.2, 0.25) is 0 Å². The van der Waals surface area contributed by atoms with E-state index in [4.69, 9.17) is 13.5 Å². The molecule has 0 aromatic heterocycles. The smallest absolute Gasteiger partial charge is 0.335 e. The fourth-order valence-electron chi connectivity index (χ4n) is 3.04. The molecule has 0 fully saturated rings. The van der Waals surface area contributed by atoms with Crippen molar-refractivity contribution in [2.45, 2.75) is 111 Å². The van der Waals surface area contributed by atoms with E-state index in [0.29, 0.717) is 13.2 Å². The maximum Gasteiger partial charge on any atom is 0.335 e. The minimum Gasteiger partial charge on any atom is -0.413 e. The van der Waals surface area contributed by atoms with Gasteiger partial charge in [-0.2, -0.15) is 0 Å². The van der Waals surface area contributed by atoms with E-state index in [1.54, 1.807) is 0 Å². The van der Waals surface area contributed by atoms with Crippen molar-refractivity contribution in [3.8, 4) is 0 Å². The molecule has 4 nitrogen and oxygen atoms in total. The highest BCUT2D eigenvalue weighted by Gasteiger charge is 2.44. The topological polar surface area (TPSA) is 44.8 Å². The summed E-state index contributed by atoms with van der Waals surface area (Å²) in [5.41, 5.74) is 2.45. The number of hydrogen-bond acceptors (Lipinski definition) is 4. The Bertz CT molecular complexity index is 616. The number of allylic oxidation sites excluding steroid dienone is 4. The standard InChI is InChI=1S/C24H48BrO4PSi/c1-11-27-30(26,28-12-2)22(5)23(29-31(9,10)24(6,7)8)17-16-20(3)14-13-15-21(4)18-19-25/h14,18,22-23H,11-13,15-17,19H2,1-10H3/b20-14+,21-18+. The van der Waals surface area contributed by atoms with Gasteiger partial charge in [-0.05, 0) is 78.4 Å². The van der Waals surface area contributed by atoms with Gasteiger partial charge in [0.1, 0.15) is 0 Å². The summed E-state index contributed by atoms with van der Waals surface area (Å²) in [5, 5.41) is 0.988. The van der Waals surface area contributed by atoms with E-state index >= 15 is 0 Å². The van der Waals surface area contributed by atoms with Crippen molar-refractivity contribution < 1.29 is 18.0 Å². The zero-order valence-electron chi connectivity index (χ0n) is 21.7. The van der Waals surface area contributed by atoms with E-state index in [1.165, 1.54) is 11.1 Å². The minimum atomic E-state index is -3.24. The predicted octanol–water partition coefficient (Wildman–Crippen LogP) is 8.88. The third kappa shape index (κ3) is 11.3. The molecule has 31 heavy (non-hydrogen) atoms. The van der Waals surface area contributed by atoms with Crippen LogP contribution in [0, 0.1) is 0 Å². The summed E-state index contributed by atoms with van der Waals surface area (Å²) >= 11 is 3.46. The highest BCUT2D eigenvalue weighted by atomic mass is 79.9. The summed E-state index contributed by atoms with van der Waals surface area (Å²) in [4.78, 5) is 0. The van der Waals surface area contributed by atoms with Crippen molar-refractivity contribution in [1.29, 1.82) is 0 Å². The van der Waals surface area contributed by atoms with Crippen LogP contribution >= 0.6 is 23.5 Å². The maximum absolute atomic E-state index is 13.5. The lowest BCUT2D eigenvalue weighted by Crippen LogP contribution is -2.46. The van der Waals surface area contributed by atoms with Gasteiger partial charge in [0.05, 0.1) is 25.0 Å². The average Bonchev–Trinajstić information content (AvgIpc) is 2.64. The molecule has 0 aliphatic heterocycles. The van der Waals surface area contributed by atoms with Crippen LogP contribution in [0.3, 0.4) is 0 Å². The zero-order valence-corrected chi connectivity index (χ0v) is 25.2. The second-order valence-electron chi connectivity index (χ2n) is 9.87. The van der Waals surface area contributed by atoms with Crippen LogP contribution in [-0.2, 0) is 18.0 Å². The Labute approximate surface area is 202 Å². The van der Waals surface area contributed by atoms with Gasteiger partial charge < -0.3 is 13.5 Å². The van der Waals surface area contributed by atoms with E-state index in [1.807, 2.05) is 20.8 Å². The fraction of sp³-hybridized carbons (Fsp3) is 0.833. The molecule has 0 aliphatic rings. The number of hydrogen-bond donors (Lipinski definition) is 0. The molecular formula is C24H48BrO4PSi. The van der Waals surface area contributed by atoms with Crippen molar-refractivity contribution in [2.75, 3.05) is 18.5 Å². The number of rotatable bonds is 15. The van der Waals surface area contributed by atoms with Crippen LogP contribution in [0.4, 0.5) is 0 Å². The molecule has 7 heteroatoms. The van der Waals surface area contributed by atoms with E-state index in [-0.39, 0.29) is 16.8 Å². The molecule has 2 atom stereocenters. The molecule has 0 aromatic rings. The highest BCUT2D eigenvalue weighted by Crippen LogP contribution is 2.55. The van der Waals surface area contributed by atoms with Crippen LogP contribution in [0.15, 0.2) is 23.3 Å². The maximum atomic E-state index is 13.5. The van der Waals surface area contributed by atoms with Crippen LogP contribution in [0.1, 0.15) is 81.1 Å². The summed E-state index contributed by atoms with van der Waals surface area (Å²) < 4.78 is 31.7. The van der Waals surface area contributed by atoms with Crippen molar-refractivity contribution in [3.05, 3.63) is 23.3 Å². The van der Waals surface area contributed by atoms with Gasteiger partial charge >= 0.3 is 7.60 Å². The first kappa shape index (κ1) is 31.3. The van der Waals surface area contributed by atoms with Gasteiger partial charge in [0.25, 0.3) is 0 Å². The largest absolute Gasteiger partial charge is 0.413 e. The molecular weight excluding hydrogens is 491 g/mol. The molecule has 0 amide bonds. The summed E-state index contributed by atoms with van der Waals surface area (Å²) in [7, 11) is -5.28. The monoisotopic (exact) mass is 538 g/mol. The Morgan fingerprint density at radius 2 is 1.55 bits per heavy atom. The van der Waals surface area contributed by atoms with Gasteiger partial charge in [0.15, 0.2) is 8.32 Å². The minimum absolute atomic E-state index is 0.0797. The van der Waals surface area contributed by atoms with E-state index in [2.05, 4.69) is 75.8 Å². The lowest BCUT2D eigenvalue weighted by Gasteiger charge is -2.42. The van der Waals surface area contributed by atoms with E-state index in [9.17, 15) is 4.57 Å². The summed E-state index contributed by atoms with van der Waals surface area (Å²) in [6.07, 6.45) is 8.23. The lowest BCUT2D eigenvalue weighted by atomic mass is 10.0. The second-order valence-corrected chi connectivity index (χ2v) is 17.7.